The lowest BCUT2D eigenvalue weighted by atomic mass is 9.67. The highest BCUT2D eigenvalue weighted by Gasteiger charge is 2.34. The van der Waals surface area contributed by atoms with Crippen LogP contribution < -0.4 is 11.1 Å². The van der Waals surface area contributed by atoms with E-state index in [1.165, 1.54) is 25.7 Å². The van der Waals surface area contributed by atoms with Crippen LogP contribution in [0.5, 0.6) is 0 Å². The van der Waals surface area contributed by atoms with Gasteiger partial charge < -0.3 is 11.1 Å². The molecule has 4 heteroatoms. The maximum atomic E-state index is 5.85. The van der Waals surface area contributed by atoms with Crippen molar-refractivity contribution in [3.63, 3.8) is 0 Å². The molecule has 1 aliphatic carbocycles. The highest BCUT2D eigenvalue weighted by atomic mass is 15.0. The summed E-state index contributed by atoms with van der Waals surface area (Å²) in [6, 6.07) is 5.76. The van der Waals surface area contributed by atoms with Gasteiger partial charge in [-0.15, -0.1) is 0 Å². The predicted octanol–water partition coefficient (Wildman–Crippen LogP) is 3.20. The van der Waals surface area contributed by atoms with E-state index in [1.54, 1.807) is 6.33 Å². The zero-order valence-electron chi connectivity index (χ0n) is 11.3. The first kappa shape index (κ1) is 12.2. The molecule has 0 atom stereocenters. The molecule has 0 radical (unpaired) electrons. The second kappa shape index (κ2) is 4.68. The molecule has 0 bridgehead atoms. The van der Waals surface area contributed by atoms with Crippen molar-refractivity contribution < 1.29 is 0 Å². The Kier molecular flexibility index (Phi) is 3.01. The van der Waals surface area contributed by atoms with Crippen molar-refractivity contribution in [1.82, 2.24) is 9.97 Å². The van der Waals surface area contributed by atoms with Gasteiger partial charge in [-0.25, -0.2) is 9.97 Å². The molecular weight excluding hydrogens is 236 g/mol. The van der Waals surface area contributed by atoms with Crippen LogP contribution in [0, 0.1) is 5.41 Å². The highest BCUT2D eigenvalue weighted by molar-refractivity contribution is 5.91. The first-order valence-corrected chi connectivity index (χ1v) is 6.97. The smallest absolute Gasteiger partial charge is 0.137 e. The molecule has 1 aromatic carbocycles. The summed E-state index contributed by atoms with van der Waals surface area (Å²) < 4.78 is 0. The van der Waals surface area contributed by atoms with Crippen molar-refractivity contribution in [3.05, 3.63) is 24.5 Å². The van der Waals surface area contributed by atoms with Gasteiger partial charge in [0.15, 0.2) is 0 Å². The summed E-state index contributed by atoms with van der Waals surface area (Å²) >= 11 is 0. The Morgan fingerprint density at radius 1 is 1.32 bits per heavy atom. The third-order valence-corrected chi connectivity index (χ3v) is 4.45. The molecule has 0 aliphatic heterocycles. The minimum atomic E-state index is 0.470. The Morgan fingerprint density at radius 3 is 2.84 bits per heavy atom. The number of nitrogens with two attached hydrogens (primary N) is 1. The predicted molar refractivity (Wildman–Crippen MR) is 79.0 cm³/mol. The van der Waals surface area contributed by atoms with E-state index in [1.807, 2.05) is 18.2 Å². The van der Waals surface area contributed by atoms with Crippen molar-refractivity contribution in [2.75, 3.05) is 17.6 Å². The van der Waals surface area contributed by atoms with E-state index < -0.39 is 0 Å². The van der Waals surface area contributed by atoms with Gasteiger partial charge in [-0.2, -0.15) is 0 Å². The zero-order valence-corrected chi connectivity index (χ0v) is 11.3. The minimum absolute atomic E-state index is 0.470. The molecule has 0 amide bonds. The van der Waals surface area contributed by atoms with Crippen LogP contribution in [0.25, 0.3) is 10.9 Å². The summed E-state index contributed by atoms with van der Waals surface area (Å²) in [6.07, 6.45) is 6.84. The lowest BCUT2D eigenvalue weighted by Crippen LogP contribution is -2.36. The van der Waals surface area contributed by atoms with Crippen molar-refractivity contribution in [1.29, 1.82) is 0 Å². The quantitative estimate of drug-likeness (QED) is 0.824. The van der Waals surface area contributed by atoms with E-state index >= 15 is 0 Å². The molecule has 1 saturated carbocycles. The molecule has 19 heavy (non-hydrogen) atoms. The Balaban J connectivity index is 1.86. The fourth-order valence-electron chi connectivity index (χ4n) is 2.82. The topological polar surface area (TPSA) is 63.8 Å². The van der Waals surface area contributed by atoms with Gasteiger partial charge in [-0.1, -0.05) is 13.3 Å². The fraction of sp³-hybridized carbons (Fsp3) is 0.467. The minimum Gasteiger partial charge on any atom is -0.399 e. The van der Waals surface area contributed by atoms with Crippen molar-refractivity contribution >= 4 is 22.4 Å². The van der Waals surface area contributed by atoms with E-state index in [9.17, 15) is 0 Å². The second-order valence-electron chi connectivity index (χ2n) is 5.56. The van der Waals surface area contributed by atoms with Crippen molar-refractivity contribution in [2.45, 2.75) is 32.6 Å². The number of nitrogen functional groups attached to an aromatic ring is 1. The van der Waals surface area contributed by atoms with Gasteiger partial charge >= 0.3 is 0 Å². The highest BCUT2D eigenvalue weighted by Crippen LogP contribution is 2.43. The van der Waals surface area contributed by atoms with E-state index in [2.05, 4.69) is 22.2 Å². The maximum absolute atomic E-state index is 5.85. The number of nitrogens with zero attached hydrogens (tertiary/aromatic N) is 2. The number of benzene rings is 1. The number of fused-ring (bicyclic) bond motifs is 1. The lowest BCUT2D eigenvalue weighted by Gasteiger charge is -2.41. The third kappa shape index (κ3) is 2.23. The first-order valence-electron chi connectivity index (χ1n) is 6.97. The SMILES string of the molecule is CCC1(CNc2ncnc3ccc(N)cc23)CCC1. The third-order valence-electron chi connectivity index (χ3n) is 4.45. The van der Waals surface area contributed by atoms with Crippen molar-refractivity contribution in [3.8, 4) is 0 Å². The molecule has 3 rings (SSSR count). The fourth-order valence-corrected chi connectivity index (χ4v) is 2.82. The molecule has 4 nitrogen and oxygen atoms in total. The van der Waals surface area contributed by atoms with E-state index in [0.717, 1.165) is 29.0 Å². The molecule has 1 aliphatic rings. The number of anilines is 2. The molecule has 2 aromatic rings. The summed E-state index contributed by atoms with van der Waals surface area (Å²) in [7, 11) is 0. The number of aromatic nitrogens is 2. The van der Waals surface area contributed by atoms with Crippen LogP contribution >= 0.6 is 0 Å². The number of hydrogen-bond donors (Lipinski definition) is 2. The van der Waals surface area contributed by atoms with Crippen molar-refractivity contribution in [2.24, 2.45) is 5.41 Å². The summed E-state index contributed by atoms with van der Waals surface area (Å²) in [5.74, 6) is 0.900. The van der Waals surface area contributed by atoms with Gasteiger partial charge in [0.1, 0.15) is 12.1 Å². The molecule has 0 spiro atoms. The Labute approximate surface area is 113 Å². The van der Waals surface area contributed by atoms with Gasteiger partial charge in [0.2, 0.25) is 0 Å². The molecule has 1 heterocycles. The molecular formula is C15H20N4. The average molecular weight is 256 g/mol. The van der Waals surface area contributed by atoms with Gasteiger partial charge in [0.25, 0.3) is 0 Å². The standard InChI is InChI=1S/C15H20N4/c1-2-15(6-3-7-15)9-17-14-12-8-11(16)4-5-13(12)18-10-19-14/h4-5,8,10H,2-3,6-7,9,16H2,1H3,(H,17,18,19). The van der Waals surface area contributed by atoms with Crippen LogP contribution in [0.1, 0.15) is 32.6 Å². The van der Waals surface area contributed by atoms with Crippen LogP contribution in [-0.2, 0) is 0 Å². The van der Waals surface area contributed by atoms with Crippen LogP contribution in [0.3, 0.4) is 0 Å². The number of hydrogen-bond acceptors (Lipinski definition) is 4. The van der Waals surface area contributed by atoms with Gasteiger partial charge in [-0.05, 0) is 42.9 Å². The summed E-state index contributed by atoms with van der Waals surface area (Å²) in [5.41, 5.74) is 8.01. The summed E-state index contributed by atoms with van der Waals surface area (Å²) in [6.45, 7) is 3.27. The van der Waals surface area contributed by atoms with Crippen LogP contribution in [0.15, 0.2) is 24.5 Å². The van der Waals surface area contributed by atoms with Gasteiger partial charge in [0, 0.05) is 17.6 Å². The lowest BCUT2D eigenvalue weighted by molar-refractivity contribution is 0.145. The molecule has 0 saturated heterocycles. The largest absolute Gasteiger partial charge is 0.399 e. The Bertz CT molecular complexity index is 584. The van der Waals surface area contributed by atoms with Gasteiger partial charge in [0.05, 0.1) is 5.52 Å². The number of rotatable bonds is 4. The monoisotopic (exact) mass is 256 g/mol. The number of nitrogens with one attached hydrogen (secondary N) is 1. The molecule has 1 fully saturated rings. The average Bonchev–Trinajstić information content (AvgIpc) is 2.38. The first-order chi connectivity index (χ1) is 9.22. The molecule has 100 valence electrons. The summed E-state index contributed by atoms with van der Waals surface area (Å²) in [4.78, 5) is 8.64. The van der Waals surface area contributed by atoms with Crippen LogP contribution in [0.2, 0.25) is 0 Å². The Morgan fingerprint density at radius 2 is 2.16 bits per heavy atom. The zero-order chi connectivity index (χ0) is 13.3. The van der Waals surface area contributed by atoms with Crippen LogP contribution in [0.4, 0.5) is 11.5 Å². The summed E-state index contributed by atoms with van der Waals surface area (Å²) in [5, 5.41) is 4.51. The van der Waals surface area contributed by atoms with E-state index in [4.69, 9.17) is 5.73 Å². The normalized spacial score (nSPS) is 17.1. The maximum Gasteiger partial charge on any atom is 0.137 e. The Hall–Kier alpha value is -1.84. The van der Waals surface area contributed by atoms with Crippen LogP contribution in [-0.4, -0.2) is 16.5 Å². The second-order valence-corrected chi connectivity index (χ2v) is 5.56. The van der Waals surface area contributed by atoms with Gasteiger partial charge in [-0.3, -0.25) is 0 Å². The molecule has 3 N–H and O–H groups in total. The van der Waals surface area contributed by atoms with E-state index in [-0.39, 0.29) is 0 Å². The molecule has 1 aromatic heterocycles. The molecule has 0 unspecified atom stereocenters. The van der Waals surface area contributed by atoms with E-state index in [0.29, 0.717) is 5.41 Å².